The molecule has 0 atom stereocenters. The molecule has 0 bridgehead atoms. The van der Waals surface area contributed by atoms with Crippen LogP contribution in [0.4, 0.5) is 4.39 Å². The highest BCUT2D eigenvalue weighted by molar-refractivity contribution is 5.83. The average Bonchev–Trinajstić information content (AvgIpc) is 2.63. The van der Waals surface area contributed by atoms with Gasteiger partial charge in [0.1, 0.15) is 5.82 Å². The van der Waals surface area contributed by atoms with Crippen LogP contribution in [0.15, 0.2) is 24.4 Å². The quantitative estimate of drug-likeness (QED) is 0.814. The number of aromatic amines is 1. The molecule has 2 nitrogen and oxygen atoms in total. The maximum atomic E-state index is 13.4. The standard InChI is InChI=1S/C13H17FN2/c1-9(2)15-7-6-10-8-16-13-11(10)4-3-5-12(13)14/h3-5,8-9,15-16H,6-7H2,1-2H3. The molecule has 0 amide bonds. The molecule has 0 aliphatic heterocycles. The van der Waals surface area contributed by atoms with E-state index in [1.54, 1.807) is 6.07 Å². The van der Waals surface area contributed by atoms with Crippen molar-refractivity contribution in [3.63, 3.8) is 0 Å². The Kier molecular flexibility index (Phi) is 3.25. The molecule has 1 heterocycles. The normalized spacial score (nSPS) is 11.5. The zero-order chi connectivity index (χ0) is 11.5. The molecule has 0 spiro atoms. The van der Waals surface area contributed by atoms with Crippen LogP contribution in [0.2, 0.25) is 0 Å². The SMILES string of the molecule is CC(C)NCCc1c[nH]c2c(F)cccc12. The number of benzene rings is 1. The predicted octanol–water partition coefficient (Wildman–Crippen LogP) is 2.85. The maximum absolute atomic E-state index is 13.4. The number of fused-ring (bicyclic) bond motifs is 1. The molecular weight excluding hydrogens is 203 g/mol. The van der Waals surface area contributed by atoms with Gasteiger partial charge in [-0.05, 0) is 24.6 Å². The Bertz CT molecular complexity index is 474. The van der Waals surface area contributed by atoms with Gasteiger partial charge < -0.3 is 10.3 Å². The molecule has 16 heavy (non-hydrogen) atoms. The van der Waals surface area contributed by atoms with Crippen molar-refractivity contribution in [2.24, 2.45) is 0 Å². The lowest BCUT2D eigenvalue weighted by atomic mass is 10.1. The summed E-state index contributed by atoms with van der Waals surface area (Å²) in [6.45, 7) is 5.16. The highest BCUT2D eigenvalue weighted by Gasteiger charge is 2.06. The van der Waals surface area contributed by atoms with Gasteiger partial charge in [-0.2, -0.15) is 0 Å². The first-order chi connectivity index (χ1) is 7.68. The molecular formula is C13H17FN2. The van der Waals surface area contributed by atoms with Gasteiger partial charge in [-0.1, -0.05) is 26.0 Å². The van der Waals surface area contributed by atoms with E-state index in [1.807, 2.05) is 12.3 Å². The third-order valence-corrected chi connectivity index (χ3v) is 2.70. The first kappa shape index (κ1) is 11.1. The fourth-order valence-corrected chi connectivity index (χ4v) is 1.88. The molecule has 86 valence electrons. The predicted molar refractivity (Wildman–Crippen MR) is 65.1 cm³/mol. The Labute approximate surface area is 94.9 Å². The number of hydrogen-bond acceptors (Lipinski definition) is 1. The summed E-state index contributed by atoms with van der Waals surface area (Å²) in [6, 6.07) is 5.68. The number of H-pyrrole nitrogens is 1. The van der Waals surface area contributed by atoms with Crippen LogP contribution in [0, 0.1) is 5.82 Å². The fourth-order valence-electron chi connectivity index (χ4n) is 1.88. The van der Waals surface area contributed by atoms with E-state index in [2.05, 4.69) is 24.1 Å². The third-order valence-electron chi connectivity index (χ3n) is 2.70. The lowest BCUT2D eigenvalue weighted by molar-refractivity contribution is 0.591. The van der Waals surface area contributed by atoms with E-state index < -0.39 is 0 Å². The number of para-hydroxylation sites is 1. The second-order valence-corrected chi connectivity index (χ2v) is 4.34. The van der Waals surface area contributed by atoms with E-state index in [4.69, 9.17) is 0 Å². The first-order valence-corrected chi connectivity index (χ1v) is 5.66. The minimum atomic E-state index is -0.180. The topological polar surface area (TPSA) is 27.8 Å². The highest BCUT2D eigenvalue weighted by atomic mass is 19.1. The molecule has 0 saturated carbocycles. The van der Waals surface area contributed by atoms with Gasteiger partial charge in [0.05, 0.1) is 5.52 Å². The molecule has 2 N–H and O–H groups in total. The summed E-state index contributed by atoms with van der Waals surface area (Å²) < 4.78 is 13.4. The van der Waals surface area contributed by atoms with E-state index in [0.29, 0.717) is 11.6 Å². The summed E-state index contributed by atoms with van der Waals surface area (Å²) >= 11 is 0. The van der Waals surface area contributed by atoms with Gasteiger partial charge in [-0.15, -0.1) is 0 Å². The van der Waals surface area contributed by atoms with Crippen LogP contribution < -0.4 is 5.32 Å². The van der Waals surface area contributed by atoms with Crippen molar-refractivity contribution < 1.29 is 4.39 Å². The summed E-state index contributed by atoms with van der Waals surface area (Å²) in [7, 11) is 0. The van der Waals surface area contributed by atoms with Gasteiger partial charge in [0.15, 0.2) is 0 Å². The Morgan fingerprint density at radius 2 is 2.19 bits per heavy atom. The van der Waals surface area contributed by atoms with Crippen molar-refractivity contribution in [3.8, 4) is 0 Å². The van der Waals surface area contributed by atoms with Crippen molar-refractivity contribution >= 4 is 10.9 Å². The number of nitrogens with one attached hydrogen (secondary N) is 2. The van der Waals surface area contributed by atoms with E-state index in [9.17, 15) is 4.39 Å². The van der Waals surface area contributed by atoms with Crippen LogP contribution in [0.1, 0.15) is 19.4 Å². The van der Waals surface area contributed by atoms with Gasteiger partial charge in [0.2, 0.25) is 0 Å². The van der Waals surface area contributed by atoms with Crippen molar-refractivity contribution in [2.45, 2.75) is 26.3 Å². The number of hydrogen-bond donors (Lipinski definition) is 2. The lowest BCUT2D eigenvalue weighted by Gasteiger charge is -2.06. The first-order valence-electron chi connectivity index (χ1n) is 5.66. The molecule has 0 radical (unpaired) electrons. The van der Waals surface area contributed by atoms with Crippen molar-refractivity contribution in [2.75, 3.05) is 6.54 Å². The molecule has 1 aromatic carbocycles. The molecule has 0 aliphatic rings. The Morgan fingerprint density at radius 1 is 1.38 bits per heavy atom. The average molecular weight is 220 g/mol. The fraction of sp³-hybridized carbons (Fsp3) is 0.385. The van der Waals surface area contributed by atoms with E-state index >= 15 is 0 Å². The molecule has 2 rings (SSSR count). The van der Waals surface area contributed by atoms with Crippen molar-refractivity contribution in [3.05, 3.63) is 35.8 Å². The van der Waals surface area contributed by atoms with Crippen molar-refractivity contribution in [1.82, 2.24) is 10.3 Å². The lowest BCUT2D eigenvalue weighted by Crippen LogP contribution is -2.24. The summed E-state index contributed by atoms with van der Waals surface area (Å²) in [5.74, 6) is -0.180. The highest BCUT2D eigenvalue weighted by Crippen LogP contribution is 2.20. The van der Waals surface area contributed by atoms with Gasteiger partial charge in [-0.25, -0.2) is 4.39 Å². The van der Waals surface area contributed by atoms with Gasteiger partial charge >= 0.3 is 0 Å². The van der Waals surface area contributed by atoms with Gasteiger partial charge in [0.25, 0.3) is 0 Å². The van der Waals surface area contributed by atoms with Crippen LogP contribution >= 0.6 is 0 Å². The van der Waals surface area contributed by atoms with Crippen molar-refractivity contribution in [1.29, 1.82) is 0 Å². The second-order valence-electron chi connectivity index (χ2n) is 4.34. The van der Waals surface area contributed by atoms with Crippen LogP contribution in [0.3, 0.4) is 0 Å². The third kappa shape index (κ3) is 2.25. The largest absolute Gasteiger partial charge is 0.359 e. The molecule has 0 unspecified atom stereocenters. The smallest absolute Gasteiger partial charge is 0.147 e. The molecule has 0 fully saturated rings. The van der Waals surface area contributed by atoms with E-state index in [-0.39, 0.29) is 5.82 Å². The number of rotatable bonds is 4. The molecule has 3 heteroatoms. The Morgan fingerprint density at radius 3 is 2.94 bits per heavy atom. The summed E-state index contributed by atoms with van der Waals surface area (Å²) in [5.41, 5.74) is 1.78. The second kappa shape index (κ2) is 4.66. The number of halogens is 1. The van der Waals surface area contributed by atoms with Crippen LogP contribution in [0.5, 0.6) is 0 Å². The summed E-state index contributed by atoms with van der Waals surface area (Å²) in [6.07, 6.45) is 2.82. The Balaban J connectivity index is 2.16. The molecule has 2 aromatic rings. The van der Waals surface area contributed by atoms with Crippen LogP contribution in [0.25, 0.3) is 10.9 Å². The zero-order valence-corrected chi connectivity index (χ0v) is 9.68. The van der Waals surface area contributed by atoms with Crippen LogP contribution in [-0.2, 0) is 6.42 Å². The summed E-state index contributed by atoms with van der Waals surface area (Å²) in [4.78, 5) is 2.99. The monoisotopic (exact) mass is 220 g/mol. The van der Waals surface area contributed by atoms with Gasteiger partial charge in [0, 0.05) is 17.6 Å². The van der Waals surface area contributed by atoms with E-state index in [0.717, 1.165) is 18.4 Å². The molecule has 0 saturated heterocycles. The van der Waals surface area contributed by atoms with Gasteiger partial charge in [-0.3, -0.25) is 0 Å². The maximum Gasteiger partial charge on any atom is 0.147 e. The molecule has 1 aromatic heterocycles. The summed E-state index contributed by atoms with van der Waals surface area (Å²) in [5, 5.41) is 4.35. The minimum Gasteiger partial charge on any atom is -0.359 e. The molecule has 0 aliphatic carbocycles. The number of aromatic nitrogens is 1. The van der Waals surface area contributed by atoms with Crippen LogP contribution in [-0.4, -0.2) is 17.6 Å². The van der Waals surface area contributed by atoms with E-state index in [1.165, 1.54) is 11.6 Å². The zero-order valence-electron chi connectivity index (χ0n) is 9.68. The minimum absolute atomic E-state index is 0.180. The Hall–Kier alpha value is -1.35.